The van der Waals surface area contributed by atoms with Gasteiger partial charge < -0.3 is 0 Å². The van der Waals surface area contributed by atoms with Gasteiger partial charge in [0.1, 0.15) is 0 Å². The minimum atomic E-state index is -1.82. The van der Waals surface area contributed by atoms with Crippen molar-refractivity contribution in [1.29, 1.82) is 0 Å². The Morgan fingerprint density at radius 1 is 1.56 bits per heavy atom. The van der Waals surface area contributed by atoms with Crippen molar-refractivity contribution in [2.24, 2.45) is 5.92 Å². The fourth-order valence-electron chi connectivity index (χ4n) is 0.704. The summed E-state index contributed by atoms with van der Waals surface area (Å²) in [6.07, 6.45) is 0.158. The van der Waals surface area contributed by atoms with Crippen molar-refractivity contribution in [3.8, 4) is 0 Å². The third-order valence-corrected chi connectivity index (χ3v) is 2.61. The molecule has 0 saturated carbocycles. The summed E-state index contributed by atoms with van der Waals surface area (Å²) in [4.78, 5) is 21.1. The Balaban J connectivity index is 2.90. The van der Waals surface area contributed by atoms with E-state index in [9.17, 15) is 13.8 Å². The van der Waals surface area contributed by atoms with Gasteiger partial charge in [0.15, 0.2) is 10.8 Å². The molecule has 0 amide bonds. The predicted octanol–water partition coefficient (Wildman–Crippen LogP) is -0.172. The van der Waals surface area contributed by atoms with Crippen LogP contribution in [0.4, 0.5) is 0 Å². The average molecular weight is 146 g/mol. The molecule has 9 heavy (non-hydrogen) atoms. The highest BCUT2D eigenvalue weighted by atomic mass is 32.2. The molecule has 1 heterocycles. The molecule has 3 nitrogen and oxygen atoms in total. The van der Waals surface area contributed by atoms with E-state index in [1.807, 2.05) is 0 Å². The molecule has 1 rings (SSSR count). The van der Waals surface area contributed by atoms with Gasteiger partial charge in [0.05, 0.1) is 0 Å². The molecule has 0 bridgehead atoms. The molecule has 50 valence electrons. The van der Waals surface area contributed by atoms with E-state index in [0.717, 1.165) is 0 Å². The Hall–Kier alpha value is -0.510. The van der Waals surface area contributed by atoms with Gasteiger partial charge in [0, 0.05) is 12.3 Å². The van der Waals surface area contributed by atoms with Crippen LogP contribution < -0.4 is 0 Å². The largest absolute Gasteiger partial charge is 0.284 e. The normalized spacial score (nSPS) is 35.7. The Bertz CT molecular complexity index is 196. The lowest BCUT2D eigenvalue weighted by Gasteiger charge is -1.87. The average Bonchev–Trinajstić information content (AvgIpc) is 1.98. The van der Waals surface area contributed by atoms with Crippen LogP contribution in [0.25, 0.3) is 0 Å². The summed E-state index contributed by atoms with van der Waals surface area (Å²) in [5.41, 5.74) is 0. The van der Waals surface area contributed by atoms with E-state index in [0.29, 0.717) is 0 Å². The van der Waals surface area contributed by atoms with Gasteiger partial charge in [-0.1, -0.05) is 6.92 Å². The lowest BCUT2D eigenvalue weighted by Crippen LogP contribution is -2.06. The number of carbonyl (C=O) groups is 2. The number of hydrogen-bond acceptors (Lipinski definition) is 3. The third-order valence-electron chi connectivity index (χ3n) is 1.26. The minimum absolute atomic E-state index is 0.158. The second kappa shape index (κ2) is 2.02. The maximum absolute atomic E-state index is 10.6. The lowest BCUT2D eigenvalue weighted by atomic mass is 10.1. The van der Waals surface area contributed by atoms with Crippen molar-refractivity contribution in [2.45, 2.75) is 13.3 Å². The van der Waals surface area contributed by atoms with Gasteiger partial charge in [0.25, 0.3) is 0 Å². The standard InChI is InChI=1S/C5H6O3S/c1-3-2-4(6)9(8)5(3)7/h3H,2H2,1H3. The first-order chi connectivity index (χ1) is 4.13. The molecule has 0 aromatic heterocycles. The first-order valence-corrected chi connectivity index (χ1v) is 3.76. The van der Waals surface area contributed by atoms with Crippen molar-refractivity contribution >= 4 is 21.0 Å². The zero-order valence-electron chi connectivity index (χ0n) is 4.92. The maximum Gasteiger partial charge on any atom is 0.229 e. The van der Waals surface area contributed by atoms with Crippen LogP contribution in [0.15, 0.2) is 0 Å². The van der Waals surface area contributed by atoms with E-state index in [1.165, 1.54) is 0 Å². The summed E-state index contributed by atoms with van der Waals surface area (Å²) >= 11 is 0. The van der Waals surface area contributed by atoms with Crippen molar-refractivity contribution in [3.05, 3.63) is 0 Å². The highest BCUT2D eigenvalue weighted by molar-refractivity contribution is 8.14. The summed E-state index contributed by atoms with van der Waals surface area (Å²) in [7, 11) is -1.82. The van der Waals surface area contributed by atoms with Gasteiger partial charge in [-0.2, -0.15) is 0 Å². The fraction of sp³-hybridized carbons (Fsp3) is 0.600. The first-order valence-electron chi connectivity index (χ1n) is 2.61. The summed E-state index contributed by atoms with van der Waals surface area (Å²) in [5, 5.41) is -0.840. The molecule has 0 aromatic carbocycles. The van der Waals surface area contributed by atoms with Crippen LogP contribution in [0, 0.1) is 5.92 Å². The topological polar surface area (TPSA) is 51.2 Å². The highest BCUT2D eigenvalue weighted by Crippen LogP contribution is 2.17. The molecular weight excluding hydrogens is 140 g/mol. The van der Waals surface area contributed by atoms with Crippen molar-refractivity contribution in [1.82, 2.24) is 0 Å². The molecule has 1 saturated heterocycles. The third kappa shape index (κ3) is 0.941. The van der Waals surface area contributed by atoms with Crippen molar-refractivity contribution in [3.63, 3.8) is 0 Å². The molecule has 2 unspecified atom stereocenters. The van der Waals surface area contributed by atoms with E-state index < -0.39 is 21.0 Å². The van der Waals surface area contributed by atoms with Crippen molar-refractivity contribution in [2.75, 3.05) is 0 Å². The lowest BCUT2D eigenvalue weighted by molar-refractivity contribution is -0.115. The van der Waals surface area contributed by atoms with Gasteiger partial charge in [-0.3, -0.25) is 9.59 Å². The second-order valence-electron chi connectivity index (χ2n) is 2.06. The first kappa shape index (κ1) is 6.61. The van der Waals surface area contributed by atoms with Crippen LogP contribution in [-0.4, -0.2) is 14.4 Å². The van der Waals surface area contributed by atoms with E-state index in [2.05, 4.69) is 0 Å². The molecule has 2 atom stereocenters. The molecule has 0 N–H and O–H groups in total. The Morgan fingerprint density at radius 3 is 2.22 bits per heavy atom. The molecule has 0 aromatic rings. The van der Waals surface area contributed by atoms with Crippen LogP contribution in [-0.2, 0) is 20.4 Å². The number of rotatable bonds is 0. The minimum Gasteiger partial charge on any atom is -0.284 e. The van der Waals surface area contributed by atoms with E-state index in [4.69, 9.17) is 0 Å². The zero-order chi connectivity index (χ0) is 7.02. The molecular formula is C5H6O3S. The van der Waals surface area contributed by atoms with Gasteiger partial charge >= 0.3 is 0 Å². The van der Waals surface area contributed by atoms with Crippen LogP contribution in [0.1, 0.15) is 13.3 Å². The zero-order valence-corrected chi connectivity index (χ0v) is 5.73. The van der Waals surface area contributed by atoms with Crippen LogP contribution in [0.5, 0.6) is 0 Å². The molecule has 1 aliphatic heterocycles. The molecule has 0 radical (unpaired) electrons. The SMILES string of the molecule is CC1CC(=O)S(=O)C1=O. The summed E-state index contributed by atoms with van der Waals surface area (Å²) in [6, 6.07) is 0. The summed E-state index contributed by atoms with van der Waals surface area (Å²) < 4.78 is 10.5. The quantitative estimate of drug-likeness (QED) is 0.476. The maximum atomic E-state index is 10.6. The van der Waals surface area contributed by atoms with E-state index >= 15 is 0 Å². The Morgan fingerprint density at radius 2 is 2.11 bits per heavy atom. The molecule has 1 aliphatic rings. The smallest absolute Gasteiger partial charge is 0.229 e. The molecule has 4 heteroatoms. The van der Waals surface area contributed by atoms with Gasteiger partial charge in [-0.25, -0.2) is 4.21 Å². The van der Waals surface area contributed by atoms with E-state index in [-0.39, 0.29) is 12.3 Å². The van der Waals surface area contributed by atoms with Crippen molar-refractivity contribution < 1.29 is 13.8 Å². The predicted molar refractivity (Wildman–Crippen MR) is 31.9 cm³/mol. The molecule has 1 fully saturated rings. The summed E-state index contributed by atoms with van der Waals surface area (Å²) in [5.74, 6) is -0.321. The van der Waals surface area contributed by atoms with Gasteiger partial charge in [-0.15, -0.1) is 0 Å². The van der Waals surface area contributed by atoms with Crippen LogP contribution in [0.3, 0.4) is 0 Å². The van der Waals surface area contributed by atoms with Crippen LogP contribution >= 0.6 is 0 Å². The second-order valence-corrected chi connectivity index (χ2v) is 3.46. The molecule has 0 aliphatic carbocycles. The highest BCUT2D eigenvalue weighted by Gasteiger charge is 2.35. The van der Waals surface area contributed by atoms with Gasteiger partial charge in [-0.05, 0) is 0 Å². The number of hydrogen-bond donors (Lipinski definition) is 0. The van der Waals surface area contributed by atoms with Gasteiger partial charge in [0.2, 0.25) is 10.2 Å². The number of carbonyl (C=O) groups excluding carboxylic acids is 2. The van der Waals surface area contributed by atoms with Crippen LogP contribution in [0.2, 0.25) is 0 Å². The summed E-state index contributed by atoms with van der Waals surface area (Å²) in [6.45, 7) is 1.62. The monoisotopic (exact) mass is 146 g/mol. The molecule has 0 spiro atoms. The Kier molecular flexibility index (Phi) is 1.48. The fourth-order valence-corrected chi connectivity index (χ4v) is 1.78. The Labute approximate surface area is 54.9 Å². The van der Waals surface area contributed by atoms with E-state index in [1.54, 1.807) is 6.92 Å².